The fourth-order valence-corrected chi connectivity index (χ4v) is 1.60. The lowest BCUT2D eigenvalue weighted by molar-refractivity contribution is -0.107. The van der Waals surface area contributed by atoms with Crippen LogP contribution in [0.2, 0.25) is 0 Å². The minimum absolute atomic E-state index is 0.195. The fourth-order valence-electron chi connectivity index (χ4n) is 1.60. The molecule has 1 N–H and O–H groups in total. The predicted octanol–water partition coefficient (Wildman–Crippen LogP) is 2.19. The van der Waals surface area contributed by atoms with Crippen LogP contribution in [0.25, 0.3) is 11.0 Å². The van der Waals surface area contributed by atoms with Gasteiger partial charge in [-0.15, -0.1) is 0 Å². The van der Waals surface area contributed by atoms with Gasteiger partial charge in [-0.3, -0.25) is 0 Å². The summed E-state index contributed by atoms with van der Waals surface area (Å²) in [7, 11) is 0. The quantitative estimate of drug-likeness (QED) is 0.738. The van der Waals surface area contributed by atoms with Crippen LogP contribution < -0.4 is 0 Å². The molecule has 0 bridgehead atoms. The Morgan fingerprint density at radius 2 is 2.29 bits per heavy atom. The highest BCUT2D eigenvalue weighted by molar-refractivity contribution is 5.88. The molecule has 1 aromatic heterocycles. The summed E-state index contributed by atoms with van der Waals surface area (Å²) in [5, 5.41) is 10.3. The smallest absolute Gasteiger partial charge is 0.138 e. The molecule has 0 aliphatic carbocycles. The number of hydrogen-bond acceptors (Lipinski definition) is 3. The monoisotopic (exact) mass is 190 g/mol. The van der Waals surface area contributed by atoms with Crippen molar-refractivity contribution < 1.29 is 14.3 Å². The van der Waals surface area contributed by atoms with Crippen molar-refractivity contribution in [3.8, 4) is 5.75 Å². The van der Waals surface area contributed by atoms with E-state index in [2.05, 4.69) is 0 Å². The summed E-state index contributed by atoms with van der Waals surface area (Å²) >= 11 is 0. The number of carbonyl (C=O) groups is 1. The van der Waals surface area contributed by atoms with Crippen LogP contribution >= 0.6 is 0 Å². The van der Waals surface area contributed by atoms with Crippen LogP contribution in [0, 0.1) is 6.92 Å². The highest BCUT2D eigenvalue weighted by Gasteiger charge is 2.12. The minimum Gasteiger partial charge on any atom is -0.507 e. The second-order valence-corrected chi connectivity index (χ2v) is 3.17. The Morgan fingerprint density at radius 1 is 1.50 bits per heavy atom. The van der Waals surface area contributed by atoms with E-state index in [-0.39, 0.29) is 12.2 Å². The Hall–Kier alpha value is -1.77. The number of carbonyl (C=O) groups excluding carboxylic acids is 1. The maximum atomic E-state index is 10.4. The highest BCUT2D eigenvalue weighted by atomic mass is 16.3. The third-order valence-corrected chi connectivity index (χ3v) is 2.30. The van der Waals surface area contributed by atoms with Gasteiger partial charge in [0.2, 0.25) is 0 Å². The number of phenols is 1. The van der Waals surface area contributed by atoms with Crippen LogP contribution in [0.15, 0.2) is 22.6 Å². The van der Waals surface area contributed by atoms with Gasteiger partial charge in [0, 0.05) is 5.56 Å². The predicted molar refractivity (Wildman–Crippen MR) is 52.4 cm³/mol. The molecule has 1 heterocycles. The molecule has 1 aromatic carbocycles. The van der Waals surface area contributed by atoms with Gasteiger partial charge in [0.15, 0.2) is 0 Å². The Kier molecular flexibility index (Phi) is 2.00. The van der Waals surface area contributed by atoms with Crippen molar-refractivity contribution in [2.75, 3.05) is 0 Å². The Labute approximate surface area is 81.0 Å². The Morgan fingerprint density at radius 3 is 2.93 bits per heavy atom. The van der Waals surface area contributed by atoms with Gasteiger partial charge in [-0.2, -0.15) is 0 Å². The van der Waals surface area contributed by atoms with Crippen molar-refractivity contribution in [2.24, 2.45) is 0 Å². The van der Waals surface area contributed by atoms with Crippen molar-refractivity contribution in [2.45, 2.75) is 13.3 Å². The van der Waals surface area contributed by atoms with Crippen molar-refractivity contribution in [3.05, 3.63) is 29.5 Å². The number of aldehydes is 1. The average molecular weight is 190 g/mol. The van der Waals surface area contributed by atoms with Crippen LogP contribution in [-0.2, 0) is 11.2 Å². The van der Waals surface area contributed by atoms with Gasteiger partial charge in [0.05, 0.1) is 11.8 Å². The van der Waals surface area contributed by atoms with E-state index in [4.69, 9.17) is 4.42 Å². The van der Waals surface area contributed by atoms with Crippen LogP contribution in [-0.4, -0.2) is 11.4 Å². The van der Waals surface area contributed by atoms with Gasteiger partial charge in [-0.25, -0.2) is 0 Å². The van der Waals surface area contributed by atoms with Crippen LogP contribution in [0.1, 0.15) is 11.3 Å². The fraction of sp³-hybridized carbons (Fsp3) is 0.182. The molecule has 0 unspecified atom stereocenters. The summed E-state index contributed by atoms with van der Waals surface area (Å²) in [6.07, 6.45) is 1.04. The van der Waals surface area contributed by atoms with E-state index in [0.717, 1.165) is 11.8 Å². The Balaban J connectivity index is 2.73. The summed E-state index contributed by atoms with van der Waals surface area (Å²) in [4.78, 5) is 10.4. The largest absolute Gasteiger partial charge is 0.507 e. The van der Waals surface area contributed by atoms with E-state index >= 15 is 0 Å². The zero-order valence-corrected chi connectivity index (χ0v) is 7.78. The summed E-state index contributed by atoms with van der Waals surface area (Å²) in [5.74, 6) is 0.817. The lowest BCUT2D eigenvalue weighted by Gasteiger charge is -1.93. The zero-order valence-electron chi connectivity index (χ0n) is 7.78. The van der Waals surface area contributed by atoms with Crippen LogP contribution in [0.5, 0.6) is 5.75 Å². The highest BCUT2D eigenvalue weighted by Crippen LogP contribution is 2.31. The molecule has 0 saturated carbocycles. The van der Waals surface area contributed by atoms with E-state index < -0.39 is 0 Å². The number of furan rings is 1. The SMILES string of the molecule is Cc1c(CC=O)oc2cccc(O)c12. The number of benzene rings is 1. The molecule has 72 valence electrons. The minimum atomic E-state index is 0.195. The number of hydrogen-bond donors (Lipinski definition) is 1. The first kappa shape index (κ1) is 8.81. The van der Waals surface area contributed by atoms with E-state index in [0.29, 0.717) is 16.7 Å². The topological polar surface area (TPSA) is 50.4 Å². The summed E-state index contributed by atoms with van der Waals surface area (Å²) < 4.78 is 5.43. The van der Waals surface area contributed by atoms with E-state index in [1.54, 1.807) is 18.2 Å². The molecule has 0 amide bonds. The van der Waals surface area contributed by atoms with E-state index in [1.807, 2.05) is 6.92 Å². The summed E-state index contributed by atoms with van der Waals surface area (Å²) in [6, 6.07) is 5.09. The number of fused-ring (bicyclic) bond motifs is 1. The van der Waals surface area contributed by atoms with Gasteiger partial charge in [0.25, 0.3) is 0 Å². The molecule has 2 aromatic rings. The molecule has 14 heavy (non-hydrogen) atoms. The van der Waals surface area contributed by atoms with Gasteiger partial charge in [-0.05, 0) is 19.1 Å². The molecule has 0 atom stereocenters. The maximum absolute atomic E-state index is 10.4. The normalized spacial score (nSPS) is 10.6. The molecule has 0 radical (unpaired) electrons. The van der Waals surface area contributed by atoms with Gasteiger partial charge in [0.1, 0.15) is 23.4 Å². The molecular weight excluding hydrogens is 180 g/mol. The average Bonchev–Trinajstić information content (AvgIpc) is 2.46. The standard InChI is InChI=1S/C11H10O3/c1-7-9(5-6-12)14-10-4-2-3-8(13)11(7)10/h2-4,6,13H,5H2,1H3. The number of aromatic hydroxyl groups is 1. The van der Waals surface area contributed by atoms with Crippen LogP contribution in [0.4, 0.5) is 0 Å². The second-order valence-electron chi connectivity index (χ2n) is 3.17. The van der Waals surface area contributed by atoms with E-state index in [1.165, 1.54) is 0 Å². The van der Waals surface area contributed by atoms with Crippen molar-refractivity contribution in [1.82, 2.24) is 0 Å². The van der Waals surface area contributed by atoms with Gasteiger partial charge in [-0.1, -0.05) is 6.07 Å². The van der Waals surface area contributed by atoms with Crippen molar-refractivity contribution in [3.63, 3.8) is 0 Å². The molecular formula is C11H10O3. The first-order valence-electron chi connectivity index (χ1n) is 4.37. The molecule has 3 nitrogen and oxygen atoms in total. The number of aryl methyl sites for hydroxylation is 1. The first-order chi connectivity index (χ1) is 6.74. The molecule has 0 saturated heterocycles. The zero-order chi connectivity index (χ0) is 10.1. The molecule has 0 aliphatic heterocycles. The Bertz CT molecular complexity index is 482. The maximum Gasteiger partial charge on any atom is 0.138 e. The van der Waals surface area contributed by atoms with Gasteiger partial charge >= 0.3 is 0 Å². The first-order valence-corrected chi connectivity index (χ1v) is 4.37. The third-order valence-electron chi connectivity index (χ3n) is 2.30. The summed E-state index contributed by atoms with van der Waals surface area (Å²) in [6.45, 7) is 1.84. The molecule has 0 fully saturated rings. The molecule has 2 rings (SSSR count). The van der Waals surface area contributed by atoms with Crippen molar-refractivity contribution >= 4 is 17.3 Å². The van der Waals surface area contributed by atoms with Crippen LogP contribution in [0.3, 0.4) is 0 Å². The van der Waals surface area contributed by atoms with Crippen molar-refractivity contribution in [1.29, 1.82) is 0 Å². The molecule has 0 aliphatic rings. The van der Waals surface area contributed by atoms with E-state index in [9.17, 15) is 9.90 Å². The summed E-state index contributed by atoms with van der Waals surface area (Å²) in [5.41, 5.74) is 1.46. The van der Waals surface area contributed by atoms with Gasteiger partial charge < -0.3 is 14.3 Å². The molecule has 3 heteroatoms. The number of phenolic OH excluding ortho intramolecular Hbond substituents is 1. The lowest BCUT2D eigenvalue weighted by Crippen LogP contribution is -1.84. The molecule has 0 spiro atoms. The lowest BCUT2D eigenvalue weighted by atomic mass is 10.1. The number of rotatable bonds is 2. The third kappa shape index (κ3) is 1.18. The second kappa shape index (κ2) is 3.18.